The van der Waals surface area contributed by atoms with Gasteiger partial charge in [-0.2, -0.15) is 0 Å². The van der Waals surface area contributed by atoms with E-state index in [-0.39, 0.29) is 11.8 Å². The predicted molar refractivity (Wildman–Crippen MR) is 81.4 cm³/mol. The zero-order chi connectivity index (χ0) is 15.1. The molecular formula is C16H22N2O2. The lowest BCUT2D eigenvalue weighted by molar-refractivity contribution is -0.125. The Labute approximate surface area is 120 Å². The van der Waals surface area contributed by atoms with Crippen molar-refractivity contribution in [2.24, 2.45) is 0 Å². The molecule has 0 aliphatic carbocycles. The predicted octanol–water partition coefficient (Wildman–Crippen LogP) is 2.27. The fourth-order valence-electron chi connectivity index (χ4n) is 1.80. The van der Waals surface area contributed by atoms with Crippen molar-refractivity contribution in [3.63, 3.8) is 0 Å². The van der Waals surface area contributed by atoms with Crippen molar-refractivity contribution in [2.75, 3.05) is 27.2 Å². The van der Waals surface area contributed by atoms with Crippen LogP contribution in [-0.2, 0) is 4.79 Å². The van der Waals surface area contributed by atoms with Crippen LogP contribution in [0.15, 0.2) is 30.3 Å². The van der Waals surface area contributed by atoms with Crippen molar-refractivity contribution in [3.8, 4) is 0 Å². The molecule has 0 N–H and O–H groups in total. The second-order valence-electron chi connectivity index (χ2n) is 4.67. The molecule has 0 atom stereocenters. The van der Waals surface area contributed by atoms with E-state index < -0.39 is 0 Å². The Hall–Kier alpha value is -2.10. The Balaban J connectivity index is 2.75. The molecule has 0 aliphatic heterocycles. The first-order chi connectivity index (χ1) is 9.49. The van der Waals surface area contributed by atoms with Gasteiger partial charge in [-0.15, -0.1) is 0 Å². The second kappa shape index (κ2) is 7.48. The lowest BCUT2D eigenvalue weighted by Gasteiger charge is -2.15. The minimum atomic E-state index is -0.0280. The SMILES string of the molecule is CCN(CC)C(=O)/C=C/c1ccc(C(=O)N(C)C)cc1. The van der Waals surface area contributed by atoms with E-state index >= 15 is 0 Å². The zero-order valence-electron chi connectivity index (χ0n) is 12.6. The number of carbonyl (C=O) groups is 2. The highest BCUT2D eigenvalue weighted by Gasteiger charge is 2.07. The van der Waals surface area contributed by atoms with E-state index in [2.05, 4.69) is 0 Å². The van der Waals surface area contributed by atoms with Crippen molar-refractivity contribution in [2.45, 2.75) is 13.8 Å². The maximum atomic E-state index is 11.8. The molecule has 4 heteroatoms. The summed E-state index contributed by atoms with van der Waals surface area (Å²) in [6, 6.07) is 7.21. The Morgan fingerprint density at radius 3 is 2.05 bits per heavy atom. The first-order valence-corrected chi connectivity index (χ1v) is 6.78. The third-order valence-corrected chi connectivity index (χ3v) is 3.06. The van der Waals surface area contributed by atoms with Crippen LogP contribution in [0.2, 0.25) is 0 Å². The van der Waals surface area contributed by atoms with Crippen LogP contribution in [0.1, 0.15) is 29.8 Å². The maximum absolute atomic E-state index is 11.8. The molecule has 108 valence electrons. The number of hydrogen-bond acceptors (Lipinski definition) is 2. The summed E-state index contributed by atoms with van der Waals surface area (Å²) in [5.41, 5.74) is 1.54. The van der Waals surface area contributed by atoms with Crippen molar-refractivity contribution in [1.82, 2.24) is 9.80 Å². The van der Waals surface area contributed by atoms with Crippen molar-refractivity contribution in [3.05, 3.63) is 41.5 Å². The fourth-order valence-corrected chi connectivity index (χ4v) is 1.80. The highest BCUT2D eigenvalue weighted by molar-refractivity contribution is 5.94. The van der Waals surface area contributed by atoms with Gasteiger partial charge in [-0.1, -0.05) is 12.1 Å². The molecule has 1 aromatic carbocycles. The van der Waals surface area contributed by atoms with Crippen LogP contribution in [0.5, 0.6) is 0 Å². The number of carbonyl (C=O) groups excluding carboxylic acids is 2. The molecule has 0 radical (unpaired) electrons. The smallest absolute Gasteiger partial charge is 0.253 e. The summed E-state index contributed by atoms with van der Waals surface area (Å²) in [6.45, 7) is 5.32. The molecule has 0 aromatic heterocycles. The largest absolute Gasteiger partial charge is 0.345 e. The highest BCUT2D eigenvalue weighted by Crippen LogP contribution is 2.08. The van der Waals surface area contributed by atoms with Crippen molar-refractivity contribution >= 4 is 17.9 Å². The van der Waals surface area contributed by atoms with Crippen molar-refractivity contribution < 1.29 is 9.59 Å². The molecule has 0 saturated carbocycles. The molecule has 0 spiro atoms. The molecule has 20 heavy (non-hydrogen) atoms. The van der Waals surface area contributed by atoms with Gasteiger partial charge in [0.25, 0.3) is 5.91 Å². The van der Waals surface area contributed by atoms with Gasteiger partial charge in [-0.3, -0.25) is 9.59 Å². The monoisotopic (exact) mass is 274 g/mol. The fraction of sp³-hybridized carbons (Fsp3) is 0.375. The van der Waals surface area contributed by atoms with Crippen LogP contribution >= 0.6 is 0 Å². The van der Waals surface area contributed by atoms with E-state index in [0.717, 1.165) is 5.56 Å². The van der Waals surface area contributed by atoms with Crippen LogP contribution in [0.4, 0.5) is 0 Å². The highest BCUT2D eigenvalue weighted by atomic mass is 16.2. The summed E-state index contributed by atoms with van der Waals surface area (Å²) in [6.07, 6.45) is 3.33. The van der Waals surface area contributed by atoms with Gasteiger partial charge in [0, 0.05) is 38.8 Å². The summed E-state index contributed by atoms with van der Waals surface area (Å²) in [5.74, 6) is -0.0248. The molecule has 0 aliphatic rings. The Morgan fingerprint density at radius 2 is 1.60 bits per heavy atom. The average Bonchev–Trinajstić information content (AvgIpc) is 2.46. The summed E-state index contributed by atoms with van der Waals surface area (Å²) >= 11 is 0. The molecule has 0 saturated heterocycles. The Kier molecular flexibility index (Phi) is 5.97. The third-order valence-electron chi connectivity index (χ3n) is 3.06. The molecule has 0 heterocycles. The number of hydrogen-bond donors (Lipinski definition) is 0. The summed E-state index contributed by atoms with van der Waals surface area (Å²) in [5, 5.41) is 0. The van der Waals surface area contributed by atoms with Gasteiger partial charge in [0.2, 0.25) is 5.91 Å². The number of likely N-dealkylation sites (N-methyl/N-ethyl adjacent to an activating group) is 1. The van der Waals surface area contributed by atoms with E-state index in [9.17, 15) is 9.59 Å². The maximum Gasteiger partial charge on any atom is 0.253 e. The Bertz CT molecular complexity index is 486. The minimum absolute atomic E-state index is 0.00319. The van der Waals surface area contributed by atoms with Gasteiger partial charge in [0.05, 0.1) is 0 Å². The number of benzene rings is 1. The van der Waals surface area contributed by atoms with Crippen LogP contribution in [0.25, 0.3) is 6.08 Å². The van der Waals surface area contributed by atoms with Gasteiger partial charge < -0.3 is 9.80 Å². The average molecular weight is 274 g/mol. The zero-order valence-corrected chi connectivity index (χ0v) is 12.6. The molecule has 0 fully saturated rings. The quantitative estimate of drug-likeness (QED) is 0.773. The van der Waals surface area contributed by atoms with E-state index in [1.54, 1.807) is 43.3 Å². The Morgan fingerprint density at radius 1 is 1.05 bits per heavy atom. The summed E-state index contributed by atoms with van der Waals surface area (Å²) in [4.78, 5) is 26.8. The molecule has 0 bridgehead atoms. The standard InChI is InChI=1S/C16H22N2O2/c1-5-18(6-2)15(19)12-9-13-7-10-14(11-8-13)16(20)17(3)4/h7-12H,5-6H2,1-4H3/b12-9+. The first kappa shape index (κ1) is 16.0. The normalized spacial score (nSPS) is 10.6. The van der Waals surface area contributed by atoms with Gasteiger partial charge in [0.15, 0.2) is 0 Å². The molecule has 1 aromatic rings. The number of amides is 2. The topological polar surface area (TPSA) is 40.6 Å². The summed E-state index contributed by atoms with van der Waals surface area (Å²) < 4.78 is 0. The lowest BCUT2D eigenvalue weighted by Crippen LogP contribution is -2.28. The lowest BCUT2D eigenvalue weighted by atomic mass is 10.1. The number of nitrogens with zero attached hydrogens (tertiary/aromatic N) is 2. The molecular weight excluding hydrogens is 252 g/mol. The van der Waals surface area contributed by atoms with Gasteiger partial charge in [-0.05, 0) is 37.6 Å². The van der Waals surface area contributed by atoms with E-state index in [4.69, 9.17) is 0 Å². The van der Waals surface area contributed by atoms with E-state index in [0.29, 0.717) is 18.7 Å². The van der Waals surface area contributed by atoms with Crippen LogP contribution < -0.4 is 0 Å². The minimum Gasteiger partial charge on any atom is -0.345 e. The molecule has 1 rings (SSSR count). The van der Waals surface area contributed by atoms with Gasteiger partial charge >= 0.3 is 0 Å². The molecule has 2 amide bonds. The number of rotatable bonds is 5. The van der Waals surface area contributed by atoms with Crippen molar-refractivity contribution in [1.29, 1.82) is 0 Å². The van der Waals surface area contributed by atoms with Crippen LogP contribution in [-0.4, -0.2) is 48.8 Å². The second-order valence-corrected chi connectivity index (χ2v) is 4.67. The molecule has 0 unspecified atom stereocenters. The van der Waals surface area contributed by atoms with Gasteiger partial charge in [0.1, 0.15) is 0 Å². The van der Waals surface area contributed by atoms with E-state index in [1.807, 2.05) is 26.0 Å². The van der Waals surface area contributed by atoms with Crippen LogP contribution in [0, 0.1) is 0 Å². The van der Waals surface area contributed by atoms with Crippen LogP contribution in [0.3, 0.4) is 0 Å². The molecule has 4 nitrogen and oxygen atoms in total. The van der Waals surface area contributed by atoms with Gasteiger partial charge in [-0.25, -0.2) is 0 Å². The third kappa shape index (κ3) is 4.23. The van der Waals surface area contributed by atoms with E-state index in [1.165, 1.54) is 4.90 Å². The summed E-state index contributed by atoms with van der Waals surface area (Å²) in [7, 11) is 3.44. The first-order valence-electron chi connectivity index (χ1n) is 6.78.